The van der Waals surface area contributed by atoms with Gasteiger partial charge in [0.15, 0.2) is 10.9 Å². The molecule has 8 nitrogen and oxygen atoms in total. The number of methoxy groups -OCH3 is 1. The van der Waals surface area contributed by atoms with Gasteiger partial charge in [-0.05, 0) is 55.9 Å². The second kappa shape index (κ2) is 8.17. The molecule has 152 valence electrons. The zero-order chi connectivity index (χ0) is 21.3. The number of benzene rings is 2. The molecule has 2 aromatic heterocycles. The highest BCUT2D eigenvalue weighted by Gasteiger charge is 2.15. The van der Waals surface area contributed by atoms with Crippen LogP contribution >= 0.6 is 23.6 Å². The quantitative estimate of drug-likeness (QED) is 0.470. The third-order valence-electron chi connectivity index (χ3n) is 4.52. The molecule has 0 fully saturated rings. The predicted molar refractivity (Wildman–Crippen MR) is 120 cm³/mol. The first-order valence-electron chi connectivity index (χ1n) is 9.01. The van der Waals surface area contributed by atoms with Crippen molar-refractivity contribution in [2.24, 2.45) is 0 Å². The molecule has 10 heteroatoms. The summed E-state index contributed by atoms with van der Waals surface area (Å²) < 4.78 is 6.88. The molecule has 0 atom stereocenters. The molecule has 0 aliphatic heterocycles. The van der Waals surface area contributed by atoms with Crippen LogP contribution < -0.4 is 15.4 Å². The van der Waals surface area contributed by atoms with Gasteiger partial charge in [-0.3, -0.25) is 10.1 Å². The fourth-order valence-electron chi connectivity index (χ4n) is 2.92. The lowest BCUT2D eigenvalue weighted by Gasteiger charge is -2.14. The van der Waals surface area contributed by atoms with Crippen molar-refractivity contribution in [3.63, 3.8) is 0 Å². The lowest BCUT2D eigenvalue weighted by molar-refractivity contribution is 0.0977. The fourth-order valence-corrected chi connectivity index (χ4v) is 4.09. The van der Waals surface area contributed by atoms with E-state index in [-0.39, 0.29) is 11.0 Å². The highest BCUT2D eigenvalue weighted by atomic mass is 32.1. The van der Waals surface area contributed by atoms with Crippen molar-refractivity contribution in [3.8, 4) is 16.3 Å². The number of fused-ring (bicyclic) bond motifs is 1. The number of carbonyl (C=O) groups excluding carboxylic acids is 1. The first-order valence-corrected chi connectivity index (χ1v) is 10.2. The van der Waals surface area contributed by atoms with Gasteiger partial charge >= 0.3 is 0 Å². The average molecular weight is 439 g/mol. The van der Waals surface area contributed by atoms with Crippen LogP contribution in [0.2, 0.25) is 0 Å². The number of hydrogen-bond acceptors (Lipinski definition) is 7. The van der Waals surface area contributed by atoms with Crippen LogP contribution in [-0.4, -0.2) is 37.9 Å². The van der Waals surface area contributed by atoms with Crippen LogP contribution in [0, 0.1) is 13.8 Å². The smallest absolute Gasteiger partial charge is 0.257 e. The van der Waals surface area contributed by atoms with Crippen molar-refractivity contribution in [2.45, 2.75) is 13.8 Å². The van der Waals surface area contributed by atoms with E-state index in [2.05, 4.69) is 25.9 Å². The molecule has 0 bridgehead atoms. The summed E-state index contributed by atoms with van der Waals surface area (Å²) in [6, 6.07) is 12.7. The zero-order valence-electron chi connectivity index (χ0n) is 16.5. The Morgan fingerprint density at radius 2 is 1.97 bits per heavy atom. The Balaban J connectivity index is 1.52. The number of nitrogens with one attached hydrogen (secondary N) is 2. The van der Waals surface area contributed by atoms with Crippen molar-refractivity contribution < 1.29 is 9.53 Å². The van der Waals surface area contributed by atoms with Crippen molar-refractivity contribution in [1.29, 1.82) is 0 Å². The lowest BCUT2D eigenvalue weighted by atomic mass is 10.1. The van der Waals surface area contributed by atoms with E-state index < -0.39 is 0 Å². The summed E-state index contributed by atoms with van der Waals surface area (Å²) in [4.78, 5) is 13.2. The summed E-state index contributed by atoms with van der Waals surface area (Å²) in [6.07, 6.45) is 0. The molecule has 2 aromatic carbocycles. The van der Waals surface area contributed by atoms with Crippen molar-refractivity contribution in [1.82, 2.24) is 25.1 Å². The molecule has 0 saturated carbocycles. The highest BCUT2D eigenvalue weighted by molar-refractivity contribution is 7.80. The van der Waals surface area contributed by atoms with E-state index in [0.29, 0.717) is 11.3 Å². The van der Waals surface area contributed by atoms with Gasteiger partial charge in [-0.2, -0.15) is 9.61 Å². The Bertz CT molecular complexity index is 1260. The summed E-state index contributed by atoms with van der Waals surface area (Å²) in [5.74, 6) is 1.02. The topological polar surface area (TPSA) is 93.4 Å². The van der Waals surface area contributed by atoms with Gasteiger partial charge in [0.05, 0.1) is 7.11 Å². The Kier molecular flexibility index (Phi) is 5.42. The zero-order valence-corrected chi connectivity index (χ0v) is 18.1. The number of hydrogen-bond donors (Lipinski definition) is 2. The minimum Gasteiger partial charge on any atom is -0.497 e. The number of rotatable bonds is 4. The fraction of sp³-hybridized carbons (Fsp3) is 0.150. The number of nitrogens with zero attached hydrogens (tertiary/aromatic N) is 4. The summed E-state index contributed by atoms with van der Waals surface area (Å²) in [7, 11) is 1.55. The van der Waals surface area contributed by atoms with Crippen LogP contribution in [0.3, 0.4) is 0 Å². The maximum absolute atomic E-state index is 12.5. The van der Waals surface area contributed by atoms with Crippen molar-refractivity contribution >= 4 is 45.2 Å². The van der Waals surface area contributed by atoms with Crippen LogP contribution in [0.4, 0.5) is 5.69 Å². The van der Waals surface area contributed by atoms with Crippen LogP contribution in [-0.2, 0) is 0 Å². The Morgan fingerprint density at radius 1 is 1.17 bits per heavy atom. The number of aryl methyl sites for hydroxylation is 1. The Morgan fingerprint density at radius 3 is 2.73 bits per heavy atom. The molecule has 0 unspecified atom stereocenters. The third-order valence-corrected chi connectivity index (χ3v) is 5.65. The van der Waals surface area contributed by atoms with Crippen molar-refractivity contribution in [3.05, 3.63) is 59.4 Å². The van der Waals surface area contributed by atoms with E-state index in [4.69, 9.17) is 17.0 Å². The number of carbonyl (C=O) groups is 1. The highest BCUT2D eigenvalue weighted by Crippen LogP contribution is 2.31. The normalized spacial score (nSPS) is 10.8. The van der Waals surface area contributed by atoms with E-state index in [1.807, 2.05) is 32.0 Å². The van der Waals surface area contributed by atoms with E-state index in [9.17, 15) is 4.79 Å². The molecule has 2 heterocycles. The number of aromatic nitrogens is 4. The molecule has 4 rings (SSSR count). The number of ether oxygens (including phenoxy) is 1. The maximum Gasteiger partial charge on any atom is 0.257 e. The molecule has 0 spiro atoms. The molecule has 4 aromatic rings. The van der Waals surface area contributed by atoms with Gasteiger partial charge in [-0.1, -0.05) is 29.5 Å². The van der Waals surface area contributed by atoms with Gasteiger partial charge < -0.3 is 10.1 Å². The first kappa shape index (κ1) is 19.9. The predicted octanol–water partition coefficient (Wildman–Crippen LogP) is 3.61. The van der Waals surface area contributed by atoms with E-state index in [1.54, 1.807) is 35.9 Å². The SMILES string of the molecule is COc1cccc(C(=O)NC(=S)Nc2cccc(-c3nn4c(C)nnc4s3)c2C)c1. The molecule has 0 saturated heterocycles. The summed E-state index contributed by atoms with van der Waals surface area (Å²) in [6.45, 7) is 3.83. The minimum atomic E-state index is -0.315. The van der Waals surface area contributed by atoms with E-state index >= 15 is 0 Å². The van der Waals surface area contributed by atoms with Crippen LogP contribution in [0.5, 0.6) is 5.75 Å². The van der Waals surface area contributed by atoms with Gasteiger partial charge in [0.1, 0.15) is 10.8 Å². The second-order valence-corrected chi connectivity index (χ2v) is 7.83. The van der Waals surface area contributed by atoms with E-state index in [0.717, 1.165) is 32.6 Å². The molecule has 0 aliphatic rings. The summed E-state index contributed by atoms with van der Waals surface area (Å²) in [5.41, 5.74) is 3.15. The summed E-state index contributed by atoms with van der Waals surface area (Å²) >= 11 is 6.80. The third kappa shape index (κ3) is 3.87. The van der Waals surface area contributed by atoms with Gasteiger partial charge in [0.25, 0.3) is 5.91 Å². The van der Waals surface area contributed by atoms with E-state index in [1.165, 1.54) is 11.3 Å². The second-order valence-electron chi connectivity index (χ2n) is 6.47. The van der Waals surface area contributed by atoms with Gasteiger partial charge in [0, 0.05) is 16.8 Å². The minimum absolute atomic E-state index is 0.206. The molecule has 2 N–H and O–H groups in total. The molecule has 0 aliphatic carbocycles. The molecule has 1 amide bonds. The monoisotopic (exact) mass is 438 g/mol. The van der Waals surface area contributed by atoms with Crippen LogP contribution in [0.25, 0.3) is 15.5 Å². The number of thiocarbonyl (C=S) groups is 1. The lowest BCUT2D eigenvalue weighted by Crippen LogP contribution is -2.34. The van der Waals surface area contributed by atoms with Gasteiger partial charge in [0.2, 0.25) is 4.96 Å². The number of anilines is 1. The Labute approximate surface area is 181 Å². The molecule has 30 heavy (non-hydrogen) atoms. The van der Waals surface area contributed by atoms with Crippen molar-refractivity contribution in [2.75, 3.05) is 12.4 Å². The van der Waals surface area contributed by atoms with Gasteiger partial charge in [-0.15, -0.1) is 10.2 Å². The average Bonchev–Trinajstić information content (AvgIpc) is 3.31. The Hall–Kier alpha value is -3.37. The van der Waals surface area contributed by atoms with Crippen LogP contribution in [0.1, 0.15) is 21.7 Å². The number of amides is 1. The maximum atomic E-state index is 12.5. The largest absolute Gasteiger partial charge is 0.497 e. The molecular weight excluding hydrogens is 420 g/mol. The summed E-state index contributed by atoms with van der Waals surface area (Å²) in [5, 5.41) is 19.6. The molecular formula is C20H18N6O2S2. The standard InChI is InChI=1S/C20H18N6O2S2/c1-11-15(18-25-26-12(2)23-24-20(26)30-18)8-5-9-16(11)21-19(29)22-17(27)13-6-4-7-14(10-13)28-3/h4-10H,1-3H3,(H2,21,22,27,29). The molecule has 0 radical (unpaired) electrons. The van der Waals surface area contributed by atoms with Gasteiger partial charge in [-0.25, -0.2) is 0 Å². The van der Waals surface area contributed by atoms with Crippen LogP contribution in [0.15, 0.2) is 42.5 Å². The first-order chi connectivity index (χ1) is 14.5.